The summed E-state index contributed by atoms with van der Waals surface area (Å²) in [4.78, 5) is 0. The smallest absolute Gasteiger partial charge is 0.0727 e. The molecule has 1 atom stereocenters. The van der Waals surface area contributed by atoms with Crippen LogP contribution >= 0.6 is 11.6 Å². The van der Waals surface area contributed by atoms with Gasteiger partial charge in [0.05, 0.1) is 6.10 Å². The maximum atomic E-state index is 5.83. The molecule has 0 spiro atoms. The Bertz CT molecular complexity index is 294. The van der Waals surface area contributed by atoms with Crippen molar-refractivity contribution < 1.29 is 4.74 Å². The third-order valence-electron chi connectivity index (χ3n) is 1.78. The molecular weight excluding hydrogens is 184 g/mol. The summed E-state index contributed by atoms with van der Waals surface area (Å²) >= 11 is 5.83. The van der Waals surface area contributed by atoms with Crippen molar-refractivity contribution in [2.45, 2.75) is 13.0 Å². The van der Waals surface area contributed by atoms with Crippen LogP contribution < -0.4 is 0 Å². The molecule has 0 N–H and O–H groups in total. The Kier molecular flexibility index (Phi) is 4.00. The van der Waals surface area contributed by atoms with E-state index >= 15 is 0 Å². The molecule has 0 aliphatic rings. The summed E-state index contributed by atoms with van der Waals surface area (Å²) in [6, 6.07) is 7.71. The summed E-state index contributed by atoms with van der Waals surface area (Å²) in [6.07, 6.45) is 4.13. The van der Waals surface area contributed by atoms with Crippen molar-refractivity contribution in [3.05, 3.63) is 40.9 Å². The summed E-state index contributed by atoms with van der Waals surface area (Å²) < 4.78 is 5.08. The van der Waals surface area contributed by atoms with Gasteiger partial charge in [-0.2, -0.15) is 0 Å². The minimum absolute atomic E-state index is 0.138. The van der Waals surface area contributed by atoms with E-state index in [0.29, 0.717) is 0 Å². The van der Waals surface area contributed by atoms with E-state index in [4.69, 9.17) is 16.3 Å². The van der Waals surface area contributed by atoms with Crippen molar-refractivity contribution in [3.8, 4) is 0 Å². The average Bonchev–Trinajstić information content (AvgIpc) is 2.14. The fourth-order valence-electron chi connectivity index (χ4n) is 0.935. The van der Waals surface area contributed by atoms with Gasteiger partial charge in [0.25, 0.3) is 0 Å². The Morgan fingerprint density at radius 1 is 1.46 bits per heavy atom. The number of methoxy groups -OCH3 is 1. The van der Waals surface area contributed by atoms with Crippen molar-refractivity contribution in [3.63, 3.8) is 0 Å². The molecule has 1 nitrogen and oxygen atoms in total. The molecule has 0 radical (unpaired) electrons. The number of halogens is 1. The van der Waals surface area contributed by atoms with Gasteiger partial charge in [0.2, 0.25) is 0 Å². The number of benzene rings is 1. The van der Waals surface area contributed by atoms with Gasteiger partial charge in [0.1, 0.15) is 0 Å². The highest BCUT2D eigenvalue weighted by atomic mass is 35.5. The van der Waals surface area contributed by atoms with Gasteiger partial charge in [0, 0.05) is 12.1 Å². The zero-order valence-electron chi connectivity index (χ0n) is 7.83. The van der Waals surface area contributed by atoms with E-state index < -0.39 is 0 Å². The fourth-order valence-corrected chi connectivity index (χ4v) is 1.13. The Labute approximate surface area is 84.0 Å². The fraction of sp³-hybridized carbons (Fsp3) is 0.273. The minimum atomic E-state index is 0.138. The molecule has 0 heterocycles. The van der Waals surface area contributed by atoms with Crippen molar-refractivity contribution in [1.82, 2.24) is 0 Å². The van der Waals surface area contributed by atoms with Crippen molar-refractivity contribution in [2.75, 3.05) is 7.11 Å². The van der Waals surface area contributed by atoms with Crippen LogP contribution in [0.4, 0.5) is 0 Å². The van der Waals surface area contributed by atoms with E-state index in [0.717, 1.165) is 10.6 Å². The van der Waals surface area contributed by atoms with E-state index in [9.17, 15) is 0 Å². The largest absolute Gasteiger partial charge is 0.378 e. The van der Waals surface area contributed by atoms with Crippen molar-refractivity contribution in [1.29, 1.82) is 0 Å². The average molecular weight is 197 g/mol. The molecule has 1 unspecified atom stereocenters. The van der Waals surface area contributed by atoms with Crippen LogP contribution in [0.25, 0.3) is 6.08 Å². The molecule has 2 heteroatoms. The third-order valence-corrected chi connectivity index (χ3v) is 2.02. The van der Waals surface area contributed by atoms with Crippen LogP contribution in [-0.2, 0) is 4.74 Å². The molecule has 0 aliphatic heterocycles. The van der Waals surface area contributed by atoms with Gasteiger partial charge in [-0.05, 0) is 24.6 Å². The number of ether oxygens (including phenoxy) is 1. The van der Waals surface area contributed by atoms with E-state index in [1.165, 1.54) is 0 Å². The molecule has 13 heavy (non-hydrogen) atoms. The van der Waals surface area contributed by atoms with Crippen LogP contribution in [0.2, 0.25) is 5.02 Å². The Morgan fingerprint density at radius 2 is 2.23 bits per heavy atom. The molecule has 0 fully saturated rings. The first kappa shape index (κ1) is 10.3. The van der Waals surface area contributed by atoms with Crippen LogP contribution in [0.3, 0.4) is 0 Å². The quantitative estimate of drug-likeness (QED) is 0.720. The zero-order chi connectivity index (χ0) is 9.68. The molecule has 0 aromatic heterocycles. The normalized spacial score (nSPS) is 13.5. The van der Waals surface area contributed by atoms with Gasteiger partial charge in [0.15, 0.2) is 0 Å². The zero-order valence-corrected chi connectivity index (χ0v) is 8.58. The van der Waals surface area contributed by atoms with Crippen LogP contribution in [0.15, 0.2) is 30.3 Å². The molecule has 0 aliphatic carbocycles. The van der Waals surface area contributed by atoms with Gasteiger partial charge >= 0.3 is 0 Å². The lowest BCUT2D eigenvalue weighted by atomic mass is 10.2. The standard InChI is InChI=1S/C11H13ClO/c1-9(13-2)6-7-10-4-3-5-11(12)8-10/h3-9H,1-2H3/b7-6+. The highest BCUT2D eigenvalue weighted by Crippen LogP contribution is 2.12. The molecule has 1 aromatic carbocycles. The Balaban J connectivity index is 2.68. The first-order valence-corrected chi connectivity index (χ1v) is 4.56. The van der Waals surface area contributed by atoms with Crippen LogP contribution in [0.5, 0.6) is 0 Å². The second-order valence-electron chi connectivity index (χ2n) is 2.85. The third kappa shape index (κ3) is 3.62. The van der Waals surface area contributed by atoms with E-state index in [2.05, 4.69) is 0 Å². The molecule has 0 amide bonds. The maximum Gasteiger partial charge on any atom is 0.0727 e. The van der Waals surface area contributed by atoms with Crippen LogP contribution in [0.1, 0.15) is 12.5 Å². The van der Waals surface area contributed by atoms with Gasteiger partial charge in [-0.15, -0.1) is 0 Å². The number of hydrogen-bond acceptors (Lipinski definition) is 1. The lowest BCUT2D eigenvalue weighted by Gasteiger charge is -2.01. The molecule has 0 bridgehead atoms. The predicted molar refractivity (Wildman–Crippen MR) is 57.0 cm³/mol. The summed E-state index contributed by atoms with van der Waals surface area (Å²) in [5.74, 6) is 0. The second kappa shape index (κ2) is 5.05. The van der Waals surface area contributed by atoms with Gasteiger partial charge in [-0.25, -0.2) is 0 Å². The van der Waals surface area contributed by atoms with Crippen LogP contribution in [-0.4, -0.2) is 13.2 Å². The molecular formula is C11H13ClO. The molecule has 0 saturated heterocycles. The van der Waals surface area contributed by atoms with E-state index in [1.807, 2.05) is 43.3 Å². The lowest BCUT2D eigenvalue weighted by Crippen LogP contribution is -1.98. The lowest BCUT2D eigenvalue weighted by molar-refractivity contribution is 0.157. The molecule has 0 saturated carbocycles. The molecule has 1 aromatic rings. The van der Waals surface area contributed by atoms with Gasteiger partial charge < -0.3 is 4.74 Å². The number of rotatable bonds is 3. The first-order valence-electron chi connectivity index (χ1n) is 4.19. The summed E-state index contributed by atoms with van der Waals surface area (Å²) in [6.45, 7) is 1.99. The second-order valence-corrected chi connectivity index (χ2v) is 3.29. The Hall–Kier alpha value is -0.790. The van der Waals surface area contributed by atoms with Crippen LogP contribution in [0, 0.1) is 0 Å². The highest BCUT2D eigenvalue weighted by molar-refractivity contribution is 6.30. The summed E-state index contributed by atoms with van der Waals surface area (Å²) in [5.41, 5.74) is 1.09. The highest BCUT2D eigenvalue weighted by Gasteiger charge is 1.92. The topological polar surface area (TPSA) is 9.23 Å². The Morgan fingerprint density at radius 3 is 2.85 bits per heavy atom. The summed E-state index contributed by atoms with van der Waals surface area (Å²) in [7, 11) is 1.69. The first-order chi connectivity index (χ1) is 6.22. The van der Waals surface area contributed by atoms with E-state index in [-0.39, 0.29) is 6.10 Å². The summed E-state index contributed by atoms with van der Waals surface area (Å²) in [5, 5.41) is 0.757. The van der Waals surface area contributed by atoms with Gasteiger partial charge in [-0.3, -0.25) is 0 Å². The minimum Gasteiger partial charge on any atom is -0.378 e. The molecule has 1 rings (SSSR count). The monoisotopic (exact) mass is 196 g/mol. The maximum absolute atomic E-state index is 5.83. The number of hydrogen-bond donors (Lipinski definition) is 0. The predicted octanol–water partition coefficient (Wildman–Crippen LogP) is 3.39. The SMILES string of the molecule is COC(C)/C=C/c1cccc(Cl)c1. The van der Waals surface area contributed by atoms with Gasteiger partial charge in [-0.1, -0.05) is 35.9 Å². The van der Waals surface area contributed by atoms with Crippen molar-refractivity contribution in [2.24, 2.45) is 0 Å². The van der Waals surface area contributed by atoms with E-state index in [1.54, 1.807) is 7.11 Å². The van der Waals surface area contributed by atoms with Crippen molar-refractivity contribution >= 4 is 17.7 Å². The molecule has 70 valence electrons.